The van der Waals surface area contributed by atoms with Crippen LogP contribution in [-0.4, -0.2) is 0 Å². The smallest absolute Gasteiger partial charge is 0.0566 e. The number of nitrogens with two attached hydrogens (primary N) is 1. The van der Waals surface area contributed by atoms with Crippen LogP contribution in [0.4, 0.5) is 0 Å². The highest BCUT2D eigenvalue weighted by molar-refractivity contribution is 7.08. The maximum Gasteiger partial charge on any atom is 0.0566 e. The third kappa shape index (κ3) is 2.40. The van der Waals surface area contributed by atoms with E-state index in [1.807, 2.05) is 0 Å². The Bertz CT molecular complexity index is 915. The van der Waals surface area contributed by atoms with E-state index < -0.39 is 0 Å². The average Bonchev–Trinajstić information content (AvgIpc) is 3.08. The molecule has 0 saturated heterocycles. The fourth-order valence-corrected chi connectivity index (χ4v) is 3.67. The van der Waals surface area contributed by atoms with Crippen LogP contribution in [0.2, 0.25) is 0 Å². The van der Waals surface area contributed by atoms with Crippen LogP contribution in [0.3, 0.4) is 0 Å². The van der Waals surface area contributed by atoms with E-state index in [0.717, 1.165) is 0 Å². The summed E-state index contributed by atoms with van der Waals surface area (Å²) in [7, 11) is 0. The van der Waals surface area contributed by atoms with Crippen molar-refractivity contribution in [1.29, 1.82) is 0 Å². The van der Waals surface area contributed by atoms with Gasteiger partial charge in [0.15, 0.2) is 0 Å². The largest absolute Gasteiger partial charge is 0.320 e. The molecule has 0 fully saturated rings. The number of hydrogen-bond acceptors (Lipinski definition) is 2. The summed E-state index contributed by atoms with van der Waals surface area (Å²) in [6.07, 6.45) is 0. The fourth-order valence-electron chi connectivity index (χ4n) is 2.97. The Balaban J connectivity index is 0.00000144. The molecule has 0 aliphatic carbocycles. The monoisotopic (exact) mass is 325 g/mol. The molecular weight excluding hydrogens is 310 g/mol. The normalized spacial score (nSPS) is 12.2. The van der Waals surface area contributed by atoms with Crippen molar-refractivity contribution in [3.8, 4) is 0 Å². The molecule has 110 valence electrons. The van der Waals surface area contributed by atoms with Gasteiger partial charge in [-0.05, 0) is 55.6 Å². The maximum atomic E-state index is 6.52. The second kappa shape index (κ2) is 6.09. The van der Waals surface area contributed by atoms with Crippen LogP contribution >= 0.6 is 23.7 Å². The molecule has 4 rings (SSSR count). The van der Waals surface area contributed by atoms with E-state index in [1.54, 1.807) is 11.3 Å². The van der Waals surface area contributed by atoms with E-state index in [1.165, 1.54) is 32.7 Å². The Hall–Kier alpha value is -1.87. The van der Waals surface area contributed by atoms with Crippen molar-refractivity contribution in [2.75, 3.05) is 0 Å². The Labute approximate surface area is 139 Å². The standard InChI is InChI=1S/C19H15NS.ClH/c20-19(14-9-10-21-12-14)18-11-13-5-1-2-6-15(13)16-7-3-4-8-17(16)18;/h1-12,19H,20H2;1H/t19-;/m1./s1. The minimum absolute atomic E-state index is 0. The van der Waals surface area contributed by atoms with Gasteiger partial charge in [-0.25, -0.2) is 0 Å². The van der Waals surface area contributed by atoms with Gasteiger partial charge in [-0.2, -0.15) is 11.3 Å². The average molecular weight is 326 g/mol. The molecule has 1 heterocycles. The zero-order valence-electron chi connectivity index (χ0n) is 11.9. The molecule has 1 atom stereocenters. The summed E-state index contributed by atoms with van der Waals surface area (Å²) in [6.45, 7) is 0. The van der Waals surface area contributed by atoms with Gasteiger partial charge >= 0.3 is 0 Å². The molecule has 3 heteroatoms. The third-order valence-electron chi connectivity index (χ3n) is 4.04. The van der Waals surface area contributed by atoms with E-state index in [-0.39, 0.29) is 18.4 Å². The SMILES string of the molecule is Cl.N[C@H](c1ccsc1)c1cc2ccccc2c2ccccc12. The van der Waals surface area contributed by atoms with Crippen LogP contribution in [0.5, 0.6) is 0 Å². The predicted octanol–water partition coefficient (Wildman–Crippen LogP) is 5.52. The summed E-state index contributed by atoms with van der Waals surface area (Å²) < 4.78 is 0. The summed E-state index contributed by atoms with van der Waals surface area (Å²) in [5.74, 6) is 0. The van der Waals surface area contributed by atoms with Crippen molar-refractivity contribution >= 4 is 45.3 Å². The topological polar surface area (TPSA) is 26.0 Å². The van der Waals surface area contributed by atoms with Crippen LogP contribution in [0, 0.1) is 0 Å². The van der Waals surface area contributed by atoms with Crippen molar-refractivity contribution < 1.29 is 0 Å². The van der Waals surface area contributed by atoms with Gasteiger partial charge in [0.1, 0.15) is 0 Å². The maximum absolute atomic E-state index is 6.52. The van der Waals surface area contributed by atoms with Gasteiger partial charge in [0.25, 0.3) is 0 Å². The Kier molecular flexibility index (Phi) is 4.16. The molecule has 1 nitrogen and oxygen atoms in total. The lowest BCUT2D eigenvalue weighted by Gasteiger charge is -2.16. The molecule has 0 spiro atoms. The molecular formula is C19H16ClNS. The second-order valence-electron chi connectivity index (χ2n) is 5.27. The Morgan fingerprint density at radius 2 is 1.50 bits per heavy atom. The molecule has 0 amide bonds. The van der Waals surface area contributed by atoms with E-state index >= 15 is 0 Å². The van der Waals surface area contributed by atoms with Gasteiger partial charge in [-0.1, -0.05) is 48.5 Å². The molecule has 22 heavy (non-hydrogen) atoms. The van der Waals surface area contributed by atoms with Crippen LogP contribution in [0.1, 0.15) is 17.2 Å². The van der Waals surface area contributed by atoms with Crippen molar-refractivity contribution in [1.82, 2.24) is 0 Å². The lowest BCUT2D eigenvalue weighted by molar-refractivity contribution is 0.888. The zero-order valence-corrected chi connectivity index (χ0v) is 13.5. The minimum Gasteiger partial charge on any atom is -0.320 e. The van der Waals surface area contributed by atoms with E-state index in [9.17, 15) is 0 Å². The highest BCUT2D eigenvalue weighted by Crippen LogP contribution is 2.33. The minimum atomic E-state index is -0.0780. The predicted molar refractivity (Wildman–Crippen MR) is 99.1 cm³/mol. The van der Waals surface area contributed by atoms with Gasteiger partial charge in [-0.3, -0.25) is 0 Å². The number of fused-ring (bicyclic) bond motifs is 3. The Morgan fingerprint density at radius 1 is 0.818 bits per heavy atom. The summed E-state index contributed by atoms with van der Waals surface area (Å²) in [6, 6.07) is 21.3. The lowest BCUT2D eigenvalue weighted by atomic mass is 9.92. The van der Waals surface area contributed by atoms with Crippen LogP contribution in [0.25, 0.3) is 21.5 Å². The first-order valence-corrected chi connectivity index (χ1v) is 7.97. The van der Waals surface area contributed by atoms with E-state index in [0.29, 0.717) is 0 Å². The molecule has 0 unspecified atom stereocenters. The molecule has 0 radical (unpaired) electrons. The molecule has 0 aliphatic rings. The zero-order chi connectivity index (χ0) is 14.2. The number of benzene rings is 3. The molecule has 0 saturated carbocycles. The van der Waals surface area contributed by atoms with Crippen molar-refractivity contribution in [3.63, 3.8) is 0 Å². The van der Waals surface area contributed by atoms with Crippen molar-refractivity contribution in [3.05, 3.63) is 82.6 Å². The first kappa shape index (κ1) is 15.0. The number of rotatable bonds is 2. The first-order valence-electron chi connectivity index (χ1n) is 7.02. The summed E-state index contributed by atoms with van der Waals surface area (Å²) in [5.41, 5.74) is 8.90. The molecule has 4 aromatic rings. The molecule has 1 aromatic heterocycles. The van der Waals surface area contributed by atoms with E-state index in [2.05, 4.69) is 71.4 Å². The molecule has 0 bridgehead atoms. The van der Waals surface area contributed by atoms with Gasteiger partial charge < -0.3 is 5.73 Å². The quantitative estimate of drug-likeness (QED) is 0.482. The van der Waals surface area contributed by atoms with Crippen molar-refractivity contribution in [2.45, 2.75) is 6.04 Å². The summed E-state index contributed by atoms with van der Waals surface area (Å²) in [5, 5.41) is 9.27. The van der Waals surface area contributed by atoms with Crippen LogP contribution in [-0.2, 0) is 0 Å². The highest BCUT2D eigenvalue weighted by Gasteiger charge is 2.14. The van der Waals surface area contributed by atoms with Gasteiger partial charge in [0, 0.05) is 0 Å². The van der Waals surface area contributed by atoms with Crippen LogP contribution < -0.4 is 5.73 Å². The molecule has 0 aliphatic heterocycles. The first-order chi connectivity index (χ1) is 10.3. The molecule has 3 aromatic carbocycles. The summed E-state index contributed by atoms with van der Waals surface area (Å²) >= 11 is 1.69. The van der Waals surface area contributed by atoms with E-state index in [4.69, 9.17) is 5.73 Å². The number of hydrogen-bond donors (Lipinski definition) is 1. The number of halogens is 1. The fraction of sp³-hybridized carbons (Fsp3) is 0.0526. The Morgan fingerprint density at radius 3 is 2.23 bits per heavy atom. The van der Waals surface area contributed by atoms with Gasteiger partial charge in [0.2, 0.25) is 0 Å². The lowest BCUT2D eigenvalue weighted by Crippen LogP contribution is -2.11. The highest BCUT2D eigenvalue weighted by atomic mass is 35.5. The second-order valence-corrected chi connectivity index (χ2v) is 6.05. The summed E-state index contributed by atoms with van der Waals surface area (Å²) in [4.78, 5) is 0. The van der Waals surface area contributed by atoms with Crippen LogP contribution in [0.15, 0.2) is 71.4 Å². The number of thiophene rings is 1. The molecule has 2 N–H and O–H groups in total. The van der Waals surface area contributed by atoms with Gasteiger partial charge in [0.05, 0.1) is 6.04 Å². The van der Waals surface area contributed by atoms with Gasteiger partial charge in [-0.15, -0.1) is 12.4 Å². The van der Waals surface area contributed by atoms with Crippen molar-refractivity contribution in [2.24, 2.45) is 5.73 Å². The third-order valence-corrected chi connectivity index (χ3v) is 4.74.